The van der Waals surface area contributed by atoms with Gasteiger partial charge in [0.2, 0.25) is 5.82 Å². The van der Waals surface area contributed by atoms with Gasteiger partial charge >= 0.3 is 11.7 Å². The van der Waals surface area contributed by atoms with Crippen molar-refractivity contribution in [3.63, 3.8) is 0 Å². The van der Waals surface area contributed by atoms with Crippen LogP contribution in [0.3, 0.4) is 0 Å². The lowest BCUT2D eigenvalue weighted by molar-refractivity contribution is -0.384. The first kappa shape index (κ1) is 16.4. The van der Waals surface area contributed by atoms with Crippen LogP contribution in [0.25, 0.3) is 0 Å². The van der Waals surface area contributed by atoms with Crippen LogP contribution in [0, 0.1) is 10.1 Å². The Kier molecular flexibility index (Phi) is 5.87. The Morgan fingerprint density at radius 2 is 2.25 bits per heavy atom. The van der Waals surface area contributed by atoms with E-state index in [9.17, 15) is 14.9 Å². The Balaban J connectivity index is 3.02. The fourth-order valence-electron chi connectivity index (χ4n) is 1.79. The van der Waals surface area contributed by atoms with Gasteiger partial charge in [0.05, 0.1) is 4.92 Å². The minimum Gasteiger partial charge on any atom is -0.481 e. The molecule has 1 N–H and O–H groups in total. The summed E-state index contributed by atoms with van der Waals surface area (Å²) in [6.45, 7) is 4.17. The molecule has 20 heavy (non-hydrogen) atoms. The molecular weight excluding hydrogens is 330 g/mol. The molecule has 0 unspecified atom stereocenters. The summed E-state index contributed by atoms with van der Waals surface area (Å²) in [5, 5.41) is 19.8. The highest BCUT2D eigenvalue weighted by molar-refractivity contribution is 9.10. The van der Waals surface area contributed by atoms with Crippen LogP contribution in [0.2, 0.25) is 0 Å². The van der Waals surface area contributed by atoms with Crippen molar-refractivity contribution < 1.29 is 14.8 Å². The van der Waals surface area contributed by atoms with E-state index in [4.69, 9.17) is 5.11 Å². The molecular formula is C12H16BrN3O4. The number of carboxylic acids is 1. The predicted octanol–water partition coefficient (Wildman–Crippen LogP) is 2.83. The van der Waals surface area contributed by atoms with E-state index in [1.807, 2.05) is 13.8 Å². The molecule has 1 heterocycles. The van der Waals surface area contributed by atoms with Crippen molar-refractivity contribution in [2.24, 2.45) is 0 Å². The van der Waals surface area contributed by atoms with Crippen LogP contribution in [-0.2, 0) is 4.79 Å². The number of carbonyl (C=O) groups is 1. The Morgan fingerprint density at radius 3 is 2.75 bits per heavy atom. The van der Waals surface area contributed by atoms with E-state index in [0.717, 1.165) is 0 Å². The molecule has 0 saturated carbocycles. The average molecular weight is 346 g/mol. The minimum absolute atomic E-state index is 0.0174. The number of carboxylic acid groups (broad SMARTS) is 1. The van der Waals surface area contributed by atoms with Crippen LogP contribution < -0.4 is 4.90 Å². The number of nitro groups is 1. The number of hydrogen-bond donors (Lipinski definition) is 1. The van der Waals surface area contributed by atoms with E-state index in [0.29, 0.717) is 17.4 Å². The summed E-state index contributed by atoms with van der Waals surface area (Å²) in [4.78, 5) is 27.0. The first-order valence-electron chi connectivity index (χ1n) is 6.11. The number of hydrogen-bond acceptors (Lipinski definition) is 5. The van der Waals surface area contributed by atoms with Crippen molar-refractivity contribution in [1.82, 2.24) is 4.98 Å². The van der Waals surface area contributed by atoms with Crippen LogP contribution in [0.1, 0.15) is 26.7 Å². The van der Waals surface area contributed by atoms with E-state index in [-0.39, 0.29) is 24.0 Å². The number of anilines is 1. The van der Waals surface area contributed by atoms with E-state index >= 15 is 0 Å². The highest BCUT2D eigenvalue weighted by atomic mass is 79.9. The Hall–Kier alpha value is -1.70. The molecule has 0 atom stereocenters. The number of pyridine rings is 1. The van der Waals surface area contributed by atoms with Crippen LogP contribution in [0.4, 0.5) is 11.5 Å². The maximum absolute atomic E-state index is 11.1. The second-order valence-corrected chi connectivity index (χ2v) is 5.45. The highest BCUT2D eigenvalue weighted by Crippen LogP contribution is 2.29. The Morgan fingerprint density at radius 1 is 1.60 bits per heavy atom. The number of nitrogens with zero attached hydrogens (tertiary/aromatic N) is 3. The van der Waals surface area contributed by atoms with Crippen LogP contribution >= 0.6 is 15.9 Å². The number of aromatic nitrogens is 1. The van der Waals surface area contributed by atoms with E-state index in [2.05, 4.69) is 20.9 Å². The zero-order chi connectivity index (χ0) is 15.3. The third-order valence-corrected chi connectivity index (χ3v) is 3.13. The molecule has 1 rings (SSSR count). The van der Waals surface area contributed by atoms with Gasteiger partial charge in [-0.1, -0.05) is 0 Å². The maximum Gasteiger partial charge on any atom is 0.312 e. The quantitative estimate of drug-likeness (QED) is 0.602. The summed E-state index contributed by atoms with van der Waals surface area (Å²) in [5.74, 6) is -0.620. The molecule has 0 aliphatic heterocycles. The lowest BCUT2D eigenvalue weighted by atomic mass is 10.2. The van der Waals surface area contributed by atoms with Gasteiger partial charge in [0, 0.05) is 35.7 Å². The molecule has 1 aromatic rings. The first-order chi connectivity index (χ1) is 9.32. The van der Waals surface area contributed by atoms with Crippen molar-refractivity contribution in [2.75, 3.05) is 11.4 Å². The molecule has 0 aliphatic carbocycles. The molecule has 0 radical (unpaired) electrons. The standard InChI is InChI=1S/C12H16BrN3O4/c1-8(2)15(5-3-4-11(17)18)12-10(16(19)20)6-9(13)7-14-12/h6-8H,3-5H2,1-2H3,(H,17,18). The van der Waals surface area contributed by atoms with Crippen LogP contribution in [-0.4, -0.2) is 33.6 Å². The van der Waals surface area contributed by atoms with Gasteiger partial charge in [-0.2, -0.15) is 0 Å². The fraction of sp³-hybridized carbons (Fsp3) is 0.500. The zero-order valence-corrected chi connectivity index (χ0v) is 12.8. The van der Waals surface area contributed by atoms with Crippen molar-refractivity contribution in [3.8, 4) is 0 Å². The third kappa shape index (κ3) is 4.44. The van der Waals surface area contributed by atoms with Crippen molar-refractivity contribution in [1.29, 1.82) is 0 Å². The molecule has 0 aliphatic rings. The minimum atomic E-state index is -0.882. The summed E-state index contributed by atoms with van der Waals surface area (Å²) < 4.78 is 0.530. The van der Waals surface area contributed by atoms with Gasteiger partial charge < -0.3 is 10.0 Å². The maximum atomic E-state index is 11.1. The molecule has 0 aromatic carbocycles. The Bertz CT molecular complexity index is 507. The van der Waals surface area contributed by atoms with Crippen LogP contribution in [0.5, 0.6) is 0 Å². The topological polar surface area (TPSA) is 96.6 Å². The van der Waals surface area contributed by atoms with Crippen molar-refractivity contribution in [3.05, 3.63) is 26.9 Å². The average Bonchev–Trinajstić information content (AvgIpc) is 2.34. The van der Waals surface area contributed by atoms with E-state index in [1.165, 1.54) is 12.3 Å². The number of halogens is 1. The Labute approximate surface area is 124 Å². The predicted molar refractivity (Wildman–Crippen MR) is 77.9 cm³/mol. The molecule has 0 spiro atoms. The normalized spacial score (nSPS) is 10.6. The molecule has 0 saturated heterocycles. The van der Waals surface area contributed by atoms with Gasteiger partial charge in [-0.3, -0.25) is 14.9 Å². The summed E-state index contributed by atoms with van der Waals surface area (Å²) in [5.41, 5.74) is -0.0941. The molecule has 110 valence electrons. The number of aliphatic carboxylic acids is 1. The third-order valence-electron chi connectivity index (χ3n) is 2.70. The van der Waals surface area contributed by atoms with Gasteiger partial charge in [-0.25, -0.2) is 4.98 Å². The summed E-state index contributed by atoms with van der Waals surface area (Å²) >= 11 is 3.16. The van der Waals surface area contributed by atoms with E-state index in [1.54, 1.807) is 4.90 Å². The second-order valence-electron chi connectivity index (χ2n) is 4.54. The number of rotatable bonds is 7. The monoisotopic (exact) mass is 345 g/mol. The van der Waals surface area contributed by atoms with Crippen molar-refractivity contribution in [2.45, 2.75) is 32.7 Å². The fourth-order valence-corrected chi connectivity index (χ4v) is 2.11. The van der Waals surface area contributed by atoms with Gasteiger partial charge in [0.15, 0.2) is 0 Å². The molecule has 8 heteroatoms. The molecule has 0 amide bonds. The summed E-state index contributed by atoms with van der Waals surface area (Å²) in [7, 11) is 0. The summed E-state index contributed by atoms with van der Waals surface area (Å²) in [6, 6.07) is 1.38. The first-order valence-corrected chi connectivity index (χ1v) is 6.90. The van der Waals surface area contributed by atoms with Gasteiger partial charge in [0.25, 0.3) is 0 Å². The SMILES string of the molecule is CC(C)N(CCCC(=O)O)c1ncc(Br)cc1[N+](=O)[O-]. The van der Waals surface area contributed by atoms with Crippen molar-refractivity contribution >= 4 is 33.4 Å². The molecule has 1 aromatic heterocycles. The lowest BCUT2D eigenvalue weighted by Gasteiger charge is -2.27. The zero-order valence-electron chi connectivity index (χ0n) is 11.2. The largest absolute Gasteiger partial charge is 0.481 e. The second kappa shape index (κ2) is 7.18. The van der Waals surface area contributed by atoms with E-state index < -0.39 is 10.9 Å². The smallest absolute Gasteiger partial charge is 0.312 e. The summed E-state index contributed by atoms with van der Waals surface area (Å²) in [6.07, 6.45) is 1.92. The molecule has 0 fully saturated rings. The van der Waals surface area contributed by atoms with Gasteiger partial charge in [-0.05, 0) is 36.2 Å². The highest BCUT2D eigenvalue weighted by Gasteiger charge is 2.23. The van der Waals surface area contributed by atoms with Gasteiger partial charge in [-0.15, -0.1) is 0 Å². The van der Waals surface area contributed by atoms with Crippen LogP contribution in [0.15, 0.2) is 16.7 Å². The molecule has 0 bridgehead atoms. The molecule has 7 nitrogen and oxygen atoms in total. The lowest BCUT2D eigenvalue weighted by Crippen LogP contribution is -2.33. The van der Waals surface area contributed by atoms with Gasteiger partial charge in [0.1, 0.15) is 0 Å².